The van der Waals surface area contributed by atoms with Gasteiger partial charge in [0, 0.05) is 0 Å². The van der Waals surface area contributed by atoms with Crippen LogP contribution in [0.3, 0.4) is 0 Å². The highest BCUT2D eigenvalue weighted by atomic mass is 32.2. The predicted octanol–water partition coefficient (Wildman–Crippen LogP) is 3.52. The molecule has 8 heteroatoms. The molecule has 0 spiro atoms. The number of nitrogens with zero attached hydrogens (tertiary/aromatic N) is 1. The molecule has 6 nitrogen and oxygen atoms in total. The lowest BCUT2D eigenvalue weighted by Gasteiger charge is -2.24. The molecule has 0 saturated heterocycles. The number of benzene rings is 3. The van der Waals surface area contributed by atoms with Gasteiger partial charge in [0.1, 0.15) is 24.7 Å². The van der Waals surface area contributed by atoms with E-state index in [0.29, 0.717) is 5.75 Å². The van der Waals surface area contributed by atoms with Gasteiger partial charge < -0.3 is 10.1 Å². The average molecular weight is 443 g/mol. The average Bonchev–Trinajstić information content (AvgIpc) is 2.76. The lowest BCUT2D eigenvalue weighted by Crippen LogP contribution is -2.41. The second-order valence-corrected chi connectivity index (χ2v) is 8.68. The number of amides is 1. The molecule has 3 rings (SSSR count). The summed E-state index contributed by atoms with van der Waals surface area (Å²) in [6.07, 6.45) is 0. The molecule has 3 aromatic rings. The van der Waals surface area contributed by atoms with Gasteiger partial charge in [0.15, 0.2) is 0 Å². The van der Waals surface area contributed by atoms with Crippen LogP contribution in [0.5, 0.6) is 5.75 Å². The van der Waals surface area contributed by atoms with Crippen LogP contribution in [0.1, 0.15) is 5.56 Å². The molecule has 0 aliphatic heterocycles. The number of nitrogens with one attached hydrogen (secondary N) is 1. The summed E-state index contributed by atoms with van der Waals surface area (Å²) >= 11 is 0. The first-order valence-corrected chi connectivity index (χ1v) is 11.1. The first-order chi connectivity index (χ1) is 14.9. The lowest BCUT2D eigenvalue weighted by molar-refractivity contribution is -0.119. The summed E-state index contributed by atoms with van der Waals surface area (Å²) in [5.41, 5.74) is 1.25. The topological polar surface area (TPSA) is 75.7 Å². The van der Waals surface area contributed by atoms with Crippen LogP contribution < -0.4 is 14.4 Å². The van der Waals surface area contributed by atoms with Gasteiger partial charge in [0.05, 0.1) is 17.1 Å². The molecule has 0 fully saturated rings. The Hall–Kier alpha value is -3.39. The van der Waals surface area contributed by atoms with Crippen molar-refractivity contribution in [3.8, 4) is 5.75 Å². The normalized spacial score (nSPS) is 11.0. The maximum absolute atomic E-state index is 13.3. The van der Waals surface area contributed by atoms with Crippen molar-refractivity contribution in [3.05, 3.63) is 90.2 Å². The van der Waals surface area contributed by atoms with E-state index in [0.717, 1.165) is 22.0 Å². The van der Waals surface area contributed by atoms with Crippen LogP contribution in [0.15, 0.2) is 83.8 Å². The maximum Gasteiger partial charge on any atom is 0.264 e. The van der Waals surface area contributed by atoms with Crippen LogP contribution in [-0.4, -0.2) is 34.0 Å². The molecule has 0 radical (unpaired) electrons. The lowest BCUT2D eigenvalue weighted by atomic mass is 10.2. The molecule has 3 aromatic carbocycles. The fourth-order valence-corrected chi connectivity index (χ4v) is 4.33. The fraction of sp³-hybridized carbons (Fsp3) is 0.174. The summed E-state index contributed by atoms with van der Waals surface area (Å²) in [4.78, 5) is 12.5. The zero-order valence-electron chi connectivity index (χ0n) is 17.0. The SMILES string of the molecule is Cc1cccc(OCCNC(=O)CN(c2ccc(F)cc2)S(=O)(=O)c2ccccc2)c1. The van der Waals surface area contributed by atoms with E-state index in [1.54, 1.807) is 18.2 Å². The van der Waals surface area contributed by atoms with Crippen LogP contribution in [0.4, 0.5) is 10.1 Å². The number of halogens is 1. The third-order valence-electron chi connectivity index (χ3n) is 4.42. The van der Waals surface area contributed by atoms with E-state index in [1.807, 2.05) is 31.2 Å². The Labute approximate surface area is 181 Å². The van der Waals surface area contributed by atoms with Crippen molar-refractivity contribution in [2.75, 3.05) is 24.0 Å². The molecule has 0 aliphatic carbocycles. The number of aryl methyl sites for hydroxylation is 1. The Bertz CT molecular complexity index is 1120. The van der Waals surface area contributed by atoms with Crippen molar-refractivity contribution in [2.24, 2.45) is 0 Å². The molecule has 0 saturated carbocycles. The second-order valence-electron chi connectivity index (χ2n) is 6.82. The van der Waals surface area contributed by atoms with Crippen LogP contribution in [0.2, 0.25) is 0 Å². The second kappa shape index (κ2) is 10.1. The number of carbonyl (C=O) groups is 1. The molecule has 31 heavy (non-hydrogen) atoms. The number of carbonyl (C=O) groups excluding carboxylic acids is 1. The van der Waals surface area contributed by atoms with Gasteiger partial charge in [-0.15, -0.1) is 0 Å². The highest BCUT2D eigenvalue weighted by molar-refractivity contribution is 7.92. The van der Waals surface area contributed by atoms with E-state index in [4.69, 9.17) is 4.74 Å². The van der Waals surface area contributed by atoms with Gasteiger partial charge in [0.2, 0.25) is 5.91 Å². The number of sulfonamides is 1. The standard InChI is InChI=1S/C23H23FN2O4S/c1-18-6-5-7-21(16-18)30-15-14-25-23(27)17-26(20-12-10-19(24)11-13-20)31(28,29)22-8-3-2-4-9-22/h2-13,16H,14-15,17H2,1H3,(H,25,27). The highest BCUT2D eigenvalue weighted by Crippen LogP contribution is 2.23. The smallest absolute Gasteiger partial charge is 0.264 e. The minimum atomic E-state index is -4.02. The number of anilines is 1. The van der Waals surface area contributed by atoms with E-state index < -0.39 is 28.3 Å². The Morgan fingerprint density at radius 3 is 2.39 bits per heavy atom. The monoisotopic (exact) mass is 442 g/mol. The number of rotatable bonds is 9. The predicted molar refractivity (Wildman–Crippen MR) is 117 cm³/mol. The van der Waals surface area contributed by atoms with Crippen LogP contribution in [0.25, 0.3) is 0 Å². The van der Waals surface area contributed by atoms with E-state index in [1.165, 1.54) is 24.3 Å². The van der Waals surface area contributed by atoms with Gasteiger partial charge in [0.25, 0.3) is 10.0 Å². The van der Waals surface area contributed by atoms with Crippen molar-refractivity contribution in [2.45, 2.75) is 11.8 Å². The number of ether oxygens (including phenoxy) is 1. The fourth-order valence-electron chi connectivity index (χ4n) is 2.89. The van der Waals surface area contributed by atoms with Crippen LogP contribution >= 0.6 is 0 Å². The van der Waals surface area contributed by atoms with Crippen molar-refractivity contribution in [3.63, 3.8) is 0 Å². The zero-order chi connectivity index (χ0) is 22.3. The summed E-state index contributed by atoms with van der Waals surface area (Å²) in [6, 6.07) is 20.2. The van der Waals surface area contributed by atoms with Gasteiger partial charge in [-0.05, 0) is 61.0 Å². The van der Waals surface area contributed by atoms with E-state index in [9.17, 15) is 17.6 Å². The Kier molecular flexibility index (Phi) is 7.25. The first-order valence-electron chi connectivity index (χ1n) is 9.66. The molecule has 0 unspecified atom stereocenters. The van der Waals surface area contributed by atoms with Crippen molar-refractivity contribution in [1.82, 2.24) is 5.32 Å². The van der Waals surface area contributed by atoms with Crippen molar-refractivity contribution in [1.29, 1.82) is 0 Å². The molecular formula is C23H23FN2O4S. The Morgan fingerprint density at radius 1 is 1.00 bits per heavy atom. The molecule has 0 heterocycles. The maximum atomic E-state index is 13.3. The summed E-state index contributed by atoms with van der Waals surface area (Å²) in [6.45, 7) is 1.94. The van der Waals surface area contributed by atoms with E-state index >= 15 is 0 Å². The third kappa shape index (κ3) is 6.05. The van der Waals surface area contributed by atoms with Gasteiger partial charge in [-0.2, -0.15) is 0 Å². The molecule has 1 amide bonds. The molecule has 0 aliphatic rings. The number of hydrogen-bond acceptors (Lipinski definition) is 4. The van der Waals surface area contributed by atoms with Gasteiger partial charge >= 0.3 is 0 Å². The summed E-state index contributed by atoms with van der Waals surface area (Å²) < 4.78 is 46.1. The summed E-state index contributed by atoms with van der Waals surface area (Å²) in [5.74, 6) is -0.316. The van der Waals surface area contributed by atoms with Crippen LogP contribution in [0, 0.1) is 12.7 Å². The van der Waals surface area contributed by atoms with Crippen molar-refractivity contribution < 1.29 is 22.3 Å². The molecule has 162 valence electrons. The first kappa shape index (κ1) is 22.3. The van der Waals surface area contributed by atoms with Crippen LogP contribution in [-0.2, 0) is 14.8 Å². The minimum absolute atomic E-state index is 0.0369. The number of hydrogen-bond donors (Lipinski definition) is 1. The highest BCUT2D eigenvalue weighted by Gasteiger charge is 2.27. The van der Waals surface area contributed by atoms with E-state index in [-0.39, 0.29) is 23.7 Å². The largest absolute Gasteiger partial charge is 0.492 e. The molecule has 0 atom stereocenters. The molecule has 0 bridgehead atoms. The molecule has 0 aromatic heterocycles. The Morgan fingerprint density at radius 2 is 1.71 bits per heavy atom. The molecule has 1 N–H and O–H groups in total. The van der Waals surface area contributed by atoms with Gasteiger partial charge in [-0.3, -0.25) is 9.10 Å². The summed E-state index contributed by atoms with van der Waals surface area (Å²) in [7, 11) is -4.02. The quantitative estimate of drug-likeness (QED) is 0.515. The third-order valence-corrected chi connectivity index (χ3v) is 6.20. The van der Waals surface area contributed by atoms with Gasteiger partial charge in [-0.1, -0.05) is 30.3 Å². The van der Waals surface area contributed by atoms with E-state index in [2.05, 4.69) is 5.32 Å². The zero-order valence-corrected chi connectivity index (χ0v) is 17.8. The summed E-state index contributed by atoms with van der Waals surface area (Å²) in [5, 5.41) is 2.66. The Balaban J connectivity index is 1.68. The minimum Gasteiger partial charge on any atom is -0.492 e. The van der Waals surface area contributed by atoms with Crippen molar-refractivity contribution >= 4 is 21.6 Å². The van der Waals surface area contributed by atoms with Gasteiger partial charge in [-0.25, -0.2) is 12.8 Å². The molecular weight excluding hydrogens is 419 g/mol.